The molecule has 2 amide bonds. The molecule has 142 valence electrons. The number of nitrogens with one attached hydrogen (secondary N) is 1. The summed E-state index contributed by atoms with van der Waals surface area (Å²) in [5, 5.41) is 12.0. The van der Waals surface area contributed by atoms with E-state index in [0.29, 0.717) is 25.9 Å². The molecule has 1 atom stereocenters. The number of aliphatic hydroxyl groups excluding tert-OH is 1. The number of anilines is 2. The Morgan fingerprint density at radius 3 is 2.58 bits per heavy atom. The number of amides is 2. The number of nitrogens with zero attached hydrogens (tertiary/aromatic N) is 2. The molecule has 2 aliphatic heterocycles. The molecule has 0 aliphatic carbocycles. The van der Waals surface area contributed by atoms with Crippen LogP contribution in [0.4, 0.5) is 24.5 Å². The monoisotopic (exact) mass is 371 g/mol. The molecule has 1 saturated heterocycles. The number of halogens is 3. The van der Waals surface area contributed by atoms with Crippen molar-refractivity contribution in [3.05, 3.63) is 23.8 Å². The van der Waals surface area contributed by atoms with Gasteiger partial charge in [0, 0.05) is 13.1 Å². The Labute approximate surface area is 148 Å². The summed E-state index contributed by atoms with van der Waals surface area (Å²) in [7, 11) is 0. The Balaban J connectivity index is 1.85. The summed E-state index contributed by atoms with van der Waals surface area (Å²) in [5.74, 6) is -0.885. The SMILES string of the molecule is CC(C(=O)N1CC(=O)Nc2cc(C(F)(F)F)ccc21)N1CCC(O)CC1. The van der Waals surface area contributed by atoms with Crippen LogP contribution in [0.3, 0.4) is 0 Å². The number of aliphatic hydroxyl groups is 1. The number of benzene rings is 1. The number of piperidine rings is 1. The molecule has 1 fully saturated rings. The zero-order valence-corrected chi connectivity index (χ0v) is 14.2. The van der Waals surface area contributed by atoms with E-state index in [1.54, 1.807) is 6.92 Å². The molecule has 2 N–H and O–H groups in total. The van der Waals surface area contributed by atoms with Gasteiger partial charge < -0.3 is 10.4 Å². The normalized spacial score (nSPS) is 20.5. The van der Waals surface area contributed by atoms with Crippen molar-refractivity contribution in [1.82, 2.24) is 4.90 Å². The second kappa shape index (κ2) is 6.88. The maximum atomic E-state index is 12.9. The molecule has 0 bridgehead atoms. The topological polar surface area (TPSA) is 72.9 Å². The van der Waals surface area contributed by atoms with Crippen LogP contribution < -0.4 is 10.2 Å². The van der Waals surface area contributed by atoms with E-state index < -0.39 is 23.7 Å². The summed E-state index contributed by atoms with van der Waals surface area (Å²) >= 11 is 0. The maximum absolute atomic E-state index is 12.9. The lowest BCUT2D eigenvalue weighted by atomic mass is 10.0. The average molecular weight is 371 g/mol. The van der Waals surface area contributed by atoms with Crippen LogP contribution in [0.2, 0.25) is 0 Å². The molecule has 6 nitrogen and oxygen atoms in total. The van der Waals surface area contributed by atoms with Crippen LogP contribution in [0.25, 0.3) is 0 Å². The number of rotatable bonds is 2. The molecule has 9 heteroatoms. The van der Waals surface area contributed by atoms with Crippen LogP contribution in [0, 0.1) is 0 Å². The highest BCUT2D eigenvalue weighted by Crippen LogP contribution is 2.37. The van der Waals surface area contributed by atoms with Gasteiger partial charge in [0.05, 0.1) is 29.1 Å². The quantitative estimate of drug-likeness (QED) is 0.832. The fourth-order valence-corrected chi connectivity index (χ4v) is 3.32. The third-order valence-corrected chi connectivity index (χ3v) is 4.86. The Morgan fingerprint density at radius 1 is 1.31 bits per heavy atom. The van der Waals surface area contributed by atoms with E-state index >= 15 is 0 Å². The zero-order chi connectivity index (χ0) is 19.1. The van der Waals surface area contributed by atoms with Gasteiger partial charge in [0.15, 0.2) is 0 Å². The Bertz CT molecular complexity index is 715. The van der Waals surface area contributed by atoms with Crippen LogP contribution in [-0.2, 0) is 15.8 Å². The van der Waals surface area contributed by atoms with E-state index in [0.717, 1.165) is 12.1 Å². The first-order valence-corrected chi connectivity index (χ1v) is 8.41. The van der Waals surface area contributed by atoms with E-state index in [4.69, 9.17) is 0 Å². The molecule has 0 saturated carbocycles. The predicted molar refractivity (Wildman–Crippen MR) is 88.7 cm³/mol. The van der Waals surface area contributed by atoms with Crippen molar-refractivity contribution < 1.29 is 27.9 Å². The minimum atomic E-state index is -4.53. The number of carbonyl (C=O) groups is 2. The lowest BCUT2D eigenvalue weighted by Gasteiger charge is -2.37. The van der Waals surface area contributed by atoms with Crippen molar-refractivity contribution in [2.45, 2.75) is 38.1 Å². The highest BCUT2D eigenvalue weighted by Gasteiger charge is 2.36. The first-order valence-electron chi connectivity index (χ1n) is 8.41. The Kier molecular flexibility index (Phi) is 4.94. The Morgan fingerprint density at radius 2 is 1.96 bits per heavy atom. The highest BCUT2D eigenvalue weighted by atomic mass is 19.4. The second-order valence-corrected chi connectivity index (χ2v) is 6.65. The number of likely N-dealkylation sites (tertiary alicyclic amines) is 1. The van der Waals surface area contributed by atoms with Crippen LogP contribution in [0.5, 0.6) is 0 Å². The lowest BCUT2D eigenvalue weighted by Crippen LogP contribution is -2.53. The number of carbonyl (C=O) groups excluding carboxylic acids is 2. The zero-order valence-electron chi connectivity index (χ0n) is 14.2. The van der Waals surface area contributed by atoms with Crippen LogP contribution in [0.15, 0.2) is 18.2 Å². The molecule has 26 heavy (non-hydrogen) atoms. The molecular weight excluding hydrogens is 351 g/mol. The largest absolute Gasteiger partial charge is 0.416 e. The summed E-state index contributed by atoms with van der Waals surface area (Å²) in [6.07, 6.45) is -3.79. The van der Waals surface area contributed by atoms with E-state index in [9.17, 15) is 27.9 Å². The van der Waals surface area contributed by atoms with Gasteiger partial charge in [0.2, 0.25) is 11.8 Å². The van der Waals surface area contributed by atoms with Gasteiger partial charge in [-0.25, -0.2) is 0 Å². The molecule has 0 radical (unpaired) electrons. The molecular formula is C17H20F3N3O3. The first kappa shape index (κ1) is 18.7. The van der Waals surface area contributed by atoms with E-state index in [2.05, 4.69) is 5.32 Å². The van der Waals surface area contributed by atoms with Gasteiger partial charge in [-0.05, 0) is 38.0 Å². The molecule has 1 unspecified atom stereocenters. The van der Waals surface area contributed by atoms with E-state index in [1.807, 2.05) is 4.90 Å². The van der Waals surface area contributed by atoms with Gasteiger partial charge in [-0.2, -0.15) is 13.2 Å². The van der Waals surface area contributed by atoms with Crippen LogP contribution in [-0.4, -0.2) is 53.6 Å². The average Bonchev–Trinajstić information content (AvgIpc) is 2.59. The van der Waals surface area contributed by atoms with Gasteiger partial charge in [-0.15, -0.1) is 0 Å². The van der Waals surface area contributed by atoms with Crippen LogP contribution in [0.1, 0.15) is 25.3 Å². The van der Waals surface area contributed by atoms with E-state index in [-0.39, 0.29) is 29.9 Å². The molecule has 2 heterocycles. The fourth-order valence-electron chi connectivity index (χ4n) is 3.32. The van der Waals surface area contributed by atoms with Gasteiger partial charge in [0.1, 0.15) is 6.54 Å². The number of hydrogen-bond donors (Lipinski definition) is 2. The number of fused-ring (bicyclic) bond motifs is 1. The van der Waals surface area contributed by atoms with Crippen molar-refractivity contribution in [3.63, 3.8) is 0 Å². The van der Waals surface area contributed by atoms with E-state index in [1.165, 1.54) is 11.0 Å². The Hall–Kier alpha value is -2.13. The first-order chi connectivity index (χ1) is 12.2. The van der Waals surface area contributed by atoms with Crippen LogP contribution >= 0.6 is 0 Å². The standard InChI is InChI=1S/C17H20F3N3O3/c1-10(22-6-4-12(24)5-7-22)16(26)23-9-15(25)21-13-8-11(17(18,19)20)2-3-14(13)23/h2-3,8,10,12,24H,4-7,9H2,1H3,(H,21,25). The summed E-state index contributed by atoms with van der Waals surface area (Å²) in [4.78, 5) is 27.9. The smallest absolute Gasteiger partial charge is 0.393 e. The van der Waals surface area contributed by atoms with Gasteiger partial charge in [0.25, 0.3) is 0 Å². The minimum Gasteiger partial charge on any atom is -0.393 e. The summed E-state index contributed by atoms with van der Waals surface area (Å²) < 4.78 is 38.7. The van der Waals surface area contributed by atoms with Crippen molar-refractivity contribution in [3.8, 4) is 0 Å². The molecule has 0 aromatic heterocycles. The third kappa shape index (κ3) is 3.68. The predicted octanol–water partition coefficient (Wildman–Crippen LogP) is 1.84. The van der Waals surface area contributed by atoms with Crippen molar-refractivity contribution >= 4 is 23.2 Å². The molecule has 3 rings (SSSR count). The summed E-state index contributed by atoms with van der Waals surface area (Å²) in [5.41, 5.74) is -0.652. The third-order valence-electron chi connectivity index (χ3n) is 4.86. The number of hydrogen-bond acceptors (Lipinski definition) is 4. The summed E-state index contributed by atoms with van der Waals surface area (Å²) in [6.45, 7) is 2.57. The summed E-state index contributed by atoms with van der Waals surface area (Å²) in [6, 6.07) is 2.42. The molecule has 2 aliphatic rings. The van der Waals surface area contributed by atoms with Crippen molar-refractivity contribution in [2.75, 3.05) is 29.9 Å². The van der Waals surface area contributed by atoms with Crippen molar-refractivity contribution in [1.29, 1.82) is 0 Å². The molecule has 1 aromatic carbocycles. The highest BCUT2D eigenvalue weighted by molar-refractivity contribution is 6.11. The minimum absolute atomic E-state index is 0.0225. The van der Waals surface area contributed by atoms with Gasteiger partial charge in [-0.3, -0.25) is 19.4 Å². The molecule has 1 aromatic rings. The molecule has 0 spiro atoms. The van der Waals surface area contributed by atoms with Gasteiger partial charge >= 0.3 is 6.18 Å². The van der Waals surface area contributed by atoms with Gasteiger partial charge in [-0.1, -0.05) is 0 Å². The lowest BCUT2D eigenvalue weighted by molar-refractivity contribution is -0.137. The van der Waals surface area contributed by atoms with Crippen molar-refractivity contribution in [2.24, 2.45) is 0 Å². The number of alkyl halides is 3. The fraction of sp³-hybridized carbons (Fsp3) is 0.529. The maximum Gasteiger partial charge on any atom is 0.416 e. The second-order valence-electron chi connectivity index (χ2n) is 6.65.